The molecule has 1 fully saturated rings. The molecule has 0 bridgehead atoms. The fourth-order valence-corrected chi connectivity index (χ4v) is 9.68. The Labute approximate surface area is 362 Å². The molecule has 0 unspecified atom stereocenters. The molecule has 2 heterocycles. The number of nitriles is 1. The van der Waals surface area contributed by atoms with Gasteiger partial charge >= 0.3 is 0 Å². The maximum atomic E-state index is 9.73. The molecule has 0 N–H and O–H groups in total. The average Bonchev–Trinajstić information content (AvgIpc) is 3.61. The molecule has 1 saturated carbocycles. The molecule has 2 aromatic heterocycles. The summed E-state index contributed by atoms with van der Waals surface area (Å²) in [5.41, 5.74) is 18.1. The van der Waals surface area contributed by atoms with Gasteiger partial charge in [-0.15, -0.1) is 0 Å². The fourth-order valence-electron chi connectivity index (χ4n) is 9.68. The average molecular weight is 796 g/mol. The summed E-state index contributed by atoms with van der Waals surface area (Å²) in [6.45, 7) is 0. The molecule has 0 atom stereocenters. The summed E-state index contributed by atoms with van der Waals surface area (Å²) >= 11 is 0. The first-order chi connectivity index (χ1) is 30.6. The van der Waals surface area contributed by atoms with Crippen LogP contribution in [0.1, 0.15) is 48.8 Å². The Hall–Kier alpha value is -7.81. The Morgan fingerprint density at radius 3 is 1.47 bits per heavy atom. The molecular weight excluding hydrogens is 755 g/mol. The fraction of sp³-hybridized carbons (Fsp3) is 0.105. The predicted octanol–water partition coefficient (Wildman–Crippen LogP) is 14.0. The first-order valence-electron chi connectivity index (χ1n) is 21.5. The SMILES string of the molecule is N#Cc1ccc2c(c1)C1(CCCCC1)c1cc(-c3ccc(-c4ccc(-c5cccc(-c6nc(-c7ccccc7)nc(-c7ccc(-c8cccnc8)cc7)n6)c5)cc4)cc3)ccc1-2. The monoisotopic (exact) mass is 795 g/mol. The van der Waals surface area contributed by atoms with E-state index in [-0.39, 0.29) is 5.41 Å². The van der Waals surface area contributed by atoms with Crippen LogP contribution in [0.4, 0.5) is 0 Å². The Kier molecular flexibility index (Phi) is 9.40. The van der Waals surface area contributed by atoms with Crippen LogP contribution in [0.2, 0.25) is 0 Å². The molecular formula is C57H41N5. The van der Waals surface area contributed by atoms with Crippen LogP contribution in [0.15, 0.2) is 188 Å². The van der Waals surface area contributed by atoms with Gasteiger partial charge in [0.05, 0.1) is 11.6 Å². The summed E-state index contributed by atoms with van der Waals surface area (Å²) in [5.74, 6) is 1.88. The van der Waals surface area contributed by atoms with Gasteiger partial charge in [0.2, 0.25) is 0 Å². The van der Waals surface area contributed by atoms with Crippen LogP contribution in [0, 0.1) is 11.3 Å². The highest BCUT2D eigenvalue weighted by Crippen LogP contribution is 2.56. The van der Waals surface area contributed by atoms with Gasteiger partial charge in [-0.05, 0) is 110 Å². The number of pyridine rings is 1. The summed E-state index contributed by atoms with van der Waals surface area (Å²) in [6.07, 6.45) is 9.66. The minimum Gasteiger partial charge on any atom is -0.264 e. The third-order valence-corrected chi connectivity index (χ3v) is 12.9. The quantitative estimate of drug-likeness (QED) is 0.161. The van der Waals surface area contributed by atoms with Crippen LogP contribution in [-0.2, 0) is 5.41 Å². The van der Waals surface area contributed by atoms with Crippen molar-refractivity contribution < 1.29 is 0 Å². The molecule has 0 saturated heterocycles. The standard InChI is InChI=1S/C57H41N5/c58-36-38-14-28-50-51-29-27-47(35-53(51)57(52(50)33-38)30-5-2-6-31-57)42-21-17-40(18-22-42)39-15-19-41(20-16-39)46-11-7-12-48(34-46)56-61-54(44-9-3-1-4-10-44)60-55(62-56)45-25-23-43(24-26-45)49-13-8-32-59-37-49/h1,3-4,7-29,32-35,37H,2,5-6,30-31H2. The van der Waals surface area contributed by atoms with E-state index in [4.69, 9.17) is 15.0 Å². The number of rotatable bonds is 7. The van der Waals surface area contributed by atoms with Gasteiger partial charge in [-0.1, -0.05) is 165 Å². The van der Waals surface area contributed by atoms with Gasteiger partial charge in [-0.25, -0.2) is 15.0 Å². The number of fused-ring (bicyclic) bond motifs is 5. The maximum Gasteiger partial charge on any atom is 0.164 e. The van der Waals surface area contributed by atoms with E-state index in [1.54, 1.807) is 6.20 Å². The Balaban J connectivity index is 0.863. The van der Waals surface area contributed by atoms with Gasteiger partial charge < -0.3 is 0 Å². The highest BCUT2D eigenvalue weighted by molar-refractivity contribution is 5.85. The van der Waals surface area contributed by atoms with Crippen LogP contribution < -0.4 is 0 Å². The van der Waals surface area contributed by atoms with Crippen molar-refractivity contribution in [3.05, 3.63) is 205 Å². The molecule has 5 heteroatoms. The summed E-state index contributed by atoms with van der Waals surface area (Å²) in [5, 5.41) is 9.73. The second kappa shape index (κ2) is 15.7. The third-order valence-electron chi connectivity index (χ3n) is 12.9. The van der Waals surface area contributed by atoms with E-state index >= 15 is 0 Å². The van der Waals surface area contributed by atoms with Gasteiger partial charge in [0, 0.05) is 34.5 Å². The number of nitrogens with zero attached hydrogens (tertiary/aromatic N) is 5. The summed E-state index contributed by atoms with van der Waals surface area (Å²) in [4.78, 5) is 19.2. The molecule has 1 spiro atoms. The number of hydrogen-bond acceptors (Lipinski definition) is 5. The lowest BCUT2D eigenvalue weighted by molar-refractivity contribution is 0.353. The van der Waals surface area contributed by atoms with Crippen LogP contribution in [0.3, 0.4) is 0 Å². The second-order valence-corrected chi connectivity index (χ2v) is 16.5. The number of aromatic nitrogens is 4. The van der Waals surface area contributed by atoms with E-state index in [0.29, 0.717) is 17.5 Å². The highest BCUT2D eigenvalue weighted by Gasteiger charge is 2.44. The lowest BCUT2D eigenvalue weighted by Crippen LogP contribution is -2.28. The van der Waals surface area contributed by atoms with E-state index in [1.807, 2.05) is 48.7 Å². The largest absolute Gasteiger partial charge is 0.264 e. The first-order valence-corrected chi connectivity index (χ1v) is 21.5. The van der Waals surface area contributed by atoms with Crippen LogP contribution in [-0.4, -0.2) is 19.9 Å². The smallest absolute Gasteiger partial charge is 0.164 e. The van der Waals surface area contributed by atoms with Crippen molar-refractivity contribution >= 4 is 0 Å². The van der Waals surface area contributed by atoms with E-state index in [0.717, 1.165) is 57.3 Å². The molecule has 0 aliphatic heterocycles. The van der Waals surface area contributed by atoms with E-state index in [2.05, 4.69) is 145 Å². The Bertz CT molecular complexity index is 3130. The van der Waals surface area contributed by atoms with Crippen molar-refractivity contribution in [2.45, 2.75) is 37.5 Å². The van der Waals surface area contributed by atoms with Gasteiger partial charge in [0.1, 0.15) is 0 Å². The number of benzene rings is 7. The van der Waals surface area contributed by atoms with Gasteiger partial charge in [-0.3, -0.25) is 4.98 Å². The molecule has 5 nitrogen and oxygen atoms in total. The Morgan fingerprint density at radius 2 is 0.855 bits per heavy atom. The topological polar surface area (TPSA) is 75.3 Å². The molecule has 2 aliphatic rings. The van der Waals surface area contributed by atoms with Crippen LogP contribution >= 0.6 is 0 Å². The van der Waals surface area contributed by atoms with E-state index < -0.39 is 0 Å². The minimum atomic E-state index is 0.000645. The maximum absolute atomic E-state index is 9.73. The van der Waals surface area contributed by atoms with Crippen LogP contribution in [0.25, 0.3) is 89.8 Å². The summed E-state index contributed by atoms with van der Waals surface area (Å²) in [7, 11) is 0. The second-order valence-electron chi connectivity index (χ2n) is 16.5. The van der Waals surface area contributed by atoms with Crippen molar-refractivity contribution in [2.75, 3.05) is 0 Å². The molecule has 9 aromatic rings. The van der Waals surface area contributed by atoms with Gasteiger partial charge in [-0.2, -0.15) is 5.26 Å². The van der Waals surface area contributed by atoms with E-state index in [9.17, 15) is 5.26 Å². The first kappa shape index (κ1) is 37.2. The van der Waals surface area contributed by atoms with Crippen molar-refractivity contribution in [1.29, 1.82) is 5.26 Å². The van der Waals surface area contributed by atoms with Gasteiger partial charge in [0.25, 0.3) is 0 Å². The zero-order valence-corrected chi connectivity index (χ0v) is 34.2. The molecule has 2 aliphatic carbocycles. The zero-order chi connectivity index (χ0) is 41.5. The molecule has 0 amide bonds. The molecule has 0 radical (unpaired) electrons. The lowest BCUT2D eigenvalue weighted by atomic mass is 9.67. The predicted molar refractivity (Wildman–Crippen MR) is 250 cm³/mol. The zero-order valence-electron chi connectivity index (χ0n) is 34.2. The van der Waals surface area contributed by atoms with Crippen molar-refractivity contribution in [1.82, 2.24) is 19.9 Å². The summed E-state index contributed by atoms with van der Waals surface area (Å²) in [6, 6.07) is 64.3. The van der Waals surface area contributed by atoms with Crippen molar-refractivity contribution in [3.8, 4) is 95.9 Å². The van der Waals surface area contributed by atoms with Crippen molar-refractivity contribution in [2.24, 2.45) is 0 Å². The normalized spacial score (nSPS) is 13.6. The lowest BCUT2D eigenvalue weighted by Gasteiger charge is -2.36. The van der Waals surface area contributed by atoms with Crippen LogP contribution in [0.5, 0.6) is 0 Å². The molecule has 62 heavy (non-hydrogen) atoms. The molecule has 11 rings (SSSR count). The van der Waals surface area contributed by atoms with Gasteiger partial charge in [0.15, 0.2) is 17.5 Å². The highest BCUT2D eigenvalue weighted by atomic mass is 15.0. The molecule has 7 aromatic carbocycles. The minimum absolute atomic E-state index is 0.000645. The molecule has 294 valence electrons. The number of hydrogen-bond donors (Lipinski definition) is 0. The summed E-state index contributed by atoms with van der Waals surface area (Å²) < 4.78 is 0. The Morgan fingerprint density at radius 1 is 0.387 bits per heavy atom. The van der Waals surface area contributed by atoms with Crippen molar-refractivity contribution in [3.63, 3.8) is 0 Å². The third kappa shape index (κ3) is 6.76. The van der Waals surface area contributed by atoms with E-state index in [1.165, 1.54) is 63.8 Å².